The largest absolute Gasteiger partial charge is 0.449 e. The Balaban J connectivity index is 1.33. The number of aryl methyl sites for hydroxylation is 1. The molecule has 5 heteroatoms. The summed E-state index contributed by atoms with van der Waals surface area (Å²) in [6.45, 7) is 5.97. The van der Waals surface area contributed by atoms with Crippen molar-refractivity contribution in [1.82, 2.24) is 14.8 Å². The molecule has 1 saturated heterocycles. The predicted octanol–water partition coefficient (Wildman–Crippen LogP) is 3.61. The standard InChI is InChI=1S/C22H23N3O2/c1-17-9-10-20-19(23-17)16-21(27-20)22(26)25-14-12-24(13-15-25)11-5-8-18-6-3-2-4-7-18/h2-10,16H,11-15H2,1H3/b8-5+. The first kappa shape index (κ1) is 17.5. The summed E-state index contributed by atoms with van der Waals surface area (Å²) < 4.78 is 5.70. The molecule has 3 aromatic rings. The Labute approximate surface area is 158 Å². The van der Waals surface area contributed by atoms with Gasteiger partial charge in [0, 0.05) is 44.5 Å². The van der Waals surface area contributed by atoms with Gasteiger partial charge in [0.1, 0.15) is 5.52 Å². The molecule has 1 fully saturated rings. The van der Waals surface area contributed by atoms with Crippen LogP contribution in [0.5, 0.6) is 0 Å². The van der Waals surface area contributed by atoms with E-state index in [1.165, 1.54) is 5.56 Å². The number of carbonyl (C=O) groups is 1. The van der Waals surface area contributed by atoms with Crippen LogP contribution in [0.1, 0.15) is 21.8 Å². The molecule has 0 spiro atoms. The van der Waals surface area contributed by atoms with Crippen LogP contribution in [0.25, 0.3) is 17.2 Å². The van der Waals surface area contributed by atoms with Gasteiger partial charge in [0.05, 0.1) is 0 Å². The normalized spacial score (nSPS) is 15.7. The maximum atomic E-state index is 12.7. The number of hydrogen-bond donors (Lipinski definition) is 0. The fraction of sp³-hybridized carbons (Fsp3) is 0.273. The average Bonchev–Trinajstić information content (AvgIpc) is 3.12. The number of amides is 1. The van der Waals surface area contributed by atoms with Gasteiger partial charge < -0.3 is 9.32 Å². The molecule has 5 nitrogen and oxygen atoms in total. The highest BCUT2D eigenvalue weighted by molar-refractivity contribution is 5.95. The Hall–Kier alpha value is -2.92. The molecule has 0 bridgehead atoms. The van der Waals surface area contributed by atoms with E-state index in [9.17, 15) is 4.79 Å². The summed E-state index contributed by atoms with van der Waals surface area (Å²) in [6.07, 6.45) is 4.32. The lowest BCUT2D eigenvalue weighted by molar-refractivity contribution is 0.0621. The van der Waals surface area contributed by atoms with Crippen molar-refractivity contribution < 1.29 is 9.21 Å². The number of furan rings is 1. The van der Waals surface area contributed by atoms with Crippen molar-refractivity contribution >= 4 is 23.1 Å². The number of piperazine rings is 1. The van der Waals surface area contributed by atoms with Crippen molar-refractivity contribution in [2.24, 2.45) is 0 Å². The Morgan fingerprint density at radius 1 is 1.11 bits per heavy atom. The lowest BCUT2D eigenvalue weighted by atomic mass is 10.2. The van der Waals surface area contributed by atoms with Crippen LogP contribution in [0.3, 0.4) is 0 Å². The molecular weight excluding hydrogens is 338 g/mol. The van der Waals surface area contributed by atoms with Crippen LogP contribution in [0, 0.1) is 6.92 Å². The zero-order valence-corrected chi connectivity index (χ0v) is 15.5. The van der Waals surface area contributed by atoms with E-state index < -0.39 is 0 Å². The van der Waals surface area contributed by atoms with E-state index in [0.717, 1.165) is 30.8 Å². The van der Waals surface area contributed by atoms with Crippen LogP contribution >= 0.6 is 0 Å². The van der Waals surface area contributed by atoms with Gasteiger partial charge in [-0.25, -0.2) is 4.98 Å². The van der Waals surface area contributed by atoms with Crippen molar-refractivity contribution in [3.8, 4) is 0 Å². The van der Waals surface area contributed by atoms with Gasteiger partial charge in [0.2, 0.25) is 0 Å². The topological polar surface area (TPSA) is 49.6 Å². The van der Waals surface area contributed by atoms with E-state index in [2.05, 4.69) is 34.2 Å². The van der Waals surface area contributed by atoms with Crippen molar-refractivity contribution in [3.63, 3.8) is 0 Å². The van der Waals surface area contributed by atoms with Crippen LogP contribution in [0.15, 0.2) is 59.0 Å². The number of pyridine rings is 1. The van der Waals surface area contributed by atoms with Gasteiger partial charge >= 0.3 is 0 Å². The number of aromatic nitrogens is 1. The fourth-order valence-electron chi connectivity index (χ4n) is 3.32. The summed E-state index contributed by atoms with van der Waals surface area (Å²) >= 11 is 0. The second-order valence-corrected chi connectivity index (χ2v) is 6.85. The average molecular weight is 361 g/mol. The Bertz CT molecular complexity index is 954. The highest BCUT2D eigenvalue weighted by Gasteiger charge is 2.24. The van der Waals surface area contributed by atoms with E-state index in [-0.39, 0.29) is 5.91 Å². The number of fused-ring (bicyclic) bond motifs is 1. The number of carbonyl (C=O) groups excluding carboxylic acids is 1. The summed E-state index contributed by atoms with van der Waals surface area (Å²) in [5, 5.41) is 0. The molecule has 1 aliphatic rings. The van der Waals surface area contributed by atoms with E-state index in [1.807, 2.05) is 42.2 Å². The molecule has 27 heavy (non-hydrogen) atoms. The third-order valence-electron chi connectivity index (χ3n) is 4.86. The van der Waals surface area contributed by atoms with Gasteiger partial charge in [-0.05, 0) is 24.6 Å². The van der Waals surface area contributed by atoms with Crippen LogP contribution in [0.2, 0.25) is 0 Å². The van der Waals surface area contributed by atoms with Gasteiger partial charge in [-0.1, -0.05) is 42.5 Å². The van der Waals surface area contributed by atoms with Gasteiger partial charge in [-0.15, -0.1) is 0 Å². The maximum absolute atomic E-state index is 12.7. The molecule has 3 heterocycles. The minimum Gasteiger partial charge on any atom is -0.449 e. The summed E-state index contributed by atoms with van der Waals surface area (Å²) in [5.41, 5.74) is 3.52. The van der Waals surface area contributed by atoms with Crippen molar-refractivity contribution in [3.05, 3.63) is 71.6 Å². The molecule has 0 N–H and O–H groups in total. The van der Waals surface area contributed by atoms with Crippen molar-refractivity contribution in [2.45, 2.75) is 6.92 Å². The molecule has 1 aromatic carbocycles. The Morgan fingerprint density at radius 3 is 2.67 bits per heavy atom. The maximum Gasteiger partial charge on any atom is 0.289 e. The third kappa shape index (κ3) is 4.09. The van der Waals surface area contributed by atoms with Crippen LogP contribution in [0.4, 0.5) is 0 Å². The summed E-state index contributed by atoms with van der Waals surface area (Å²) in [5.74, 6) is 0.325. The molecule has 0 unspecified atom stereocenters. The Kier molecular flexibility index (Phi) is 5.03. The van der Waals surface area contributed by atoms with Gasteiger partial charge in [0.25, 0.3) is 5.91 Å². The molecule has 0 saturated carbocycles. The van der Waals surface area contributed by atoms with Crippen LogP contribution in [-0.4, -0.2) is 53.4 Å². The van der Waals surface area contributed by atoms with Crippen molar-refractivity contribution in [1.29, 1.82) is 0 Å². The lowest BCUT2D eigenvalue weighted by Crippen LogP contribution is -2.48. The van der Waals surface area contributed by atoms with Crippen LogP contribution in [-0.2, 0) is 0 Å². The van der Waals surface area contributed by atoms with E-state index in [1.54, 1.807) is 6.07 Å². The molecule has 0 atom stereocenters. The SMILES string of the molecule is Cc1ccc2oc(C(=O)N3CCN(C/C=C/c4ccccc4)CC3)cc2n1. The molecule has 4 rings (SSSR count). The number of hydrogen-bond acceptors (Lipinski definition) is 4. The van der Waals surface area contributed by atoms with E-state index in [4.69, 9.17) is 4.42 Å². The molecule has 138 valence electrons. The first-order valence-electron chi connectivity index (χ1n) is 9.29. The number of rotatable bonds is 4. The molecule has 2 aromatic heterocycles. The second kappa shape index (κ2) is 7.76. The molecular formula is C22H23N3O2. The zero-order valence-electron chi connectivity index (χ0n) is 15.5. The Morgan fingerprint density at radius 2 is 1.89 bits per heavy atom. The highest BCUT2D eigenvalue weighted by atomic mass is 16.3. The van der Waals surface area contributed by atoms with Crippen molar-refractivity contribution in [2.75, 3.05) is 32.7 Å². The van der Waals surface area contributed by atoms with E-state index in [0.29, 0.717) is 24.4 Å². The van der Waals surface area contributed by atoms with Gasteiger partial charge in [0.15, 0.2) is 11.3 Å². The summed E-state index contributed by atoms with van der Waals surface area (Å²) in [4.78, 5) is 21.4. The van der Waals surface area contributed by atoms with Gasteiger partial charge in [-0.2, -0.15) is 0 Å². The summed E-state index contributed by atoms with van der Waals surface area (Å²) in [6, 6.07) is 15.8. The predicted molar refractivity (Wildman–Crippen MR) is 107 cm³/mol. The molecule has 1 amide bonds. The number of benzene rings is 1. The smallest absolute Gasteiger partial charge is 0.289 e. The molecule has 0 radical (unpaired) electrons. The molecule has 0 aliphatic carbocycles. The minimum absolute atomic E-state index is 0.0508. The zero-order chi connectivity index (χ0) is 18.6. The minimum atomic E-state index is -0.0508. The van der Waals surface area contributed by atoms with Gasteiger partial charge in [-0.3, -0.25) is 9.69 Å². The highest BCUT2D eigenvalue weighted by Crippen LogP contribution is 2.20. The van der Waals surface area contributed by atoms with E-state index >= 15 is 0 Å². The second-order valence-electron chi connectivity index (χ2n) is 6.85. The van der Waals surface area contributed by atoms with Crippen LogP contribution < -0.4 is 0 Å². The summed E-state index contributed by atoms with van der Waals surface area (Å²) in [7, 11) is 0. The first-order valence-corrected chi connectivity index (χ1v) is 9.29. The lowest BCUT2D eigenvalue weighted by Gasteiger charge is -2.33. The third-order valence-corrected chi connectivity index (χ3v) is 4.86. The fourth-order valence-corrected chi connectivity index (χ4v) is 3.32. The number of nitrogens with zero attached hydrogens (tertiary/aromatic N) is 3. The molecule has 1 aliphatic heterocycles. The quantitative estimate of drug-likeness (QED) is 0.712. The first-order chi connectivity index (χ1) is 13.2. The monoisotopic (exact) mass is 361 g/mol.